The lowest BCUT2D eigenvalue weighted by molar-refractivity contribution is 0.0955. The number of carbonyl (C=O) groups is 1. The third-order valence-corrected chi connectivity index (χ3v) is 4.80. The second kappa shape index (κ2) is 9.00. The molecule has 0 atom stereocenters. The maximum atomic E-state index is 12.1. The van der Waals surface area contributed by atoms with Gasteiger partial charge in [0.1, 0.15) is 12.4 Å². The summed E-state index contributed by atoms with van der Waals surface area (Å²) in [6.07, 6.45) is 4.27. The van der Waals surface area contributed by atoms with Crippen molar-refractivity contribution in [2.75, 3.05) is 24.2 Å². The van der Waals surface area contributed by atoms with Gasteiger partial charge in [0.05, 0.1) is 18.2 Å². The second-order valence-electron chi connectivity index (χ2n) is 5.65. The summed E-state index contributed by atoms with van der Waals surface area (Å²) >= 11 is 0. The van der Waals surface area contributed by atoms with Crippen LogP contribution in [-0.2, 0) is 10.0 Å². The van der Waals surface area contributed by atoms with E-state index in [0.29, 0.717) is 23.6 Å². The number of hydrazone groups is 1. The molecule has 0 saturated heterocycles. The fourth-order valence-corrected chi connectivity index (χ4v) is 2.59. The van der Waals surface area contributed by atoms with Crippen LogP contribution >= 0.6 is 0 Å². The Hall–Kier alpha value is -3.13. The molecule has 7 nitrogen and oxygen atoms in total. The summed E-state index contributed by atoms with van der Waals surface area (Å²) in [4.78, 5) is 12.1. The van der Waals surface area contributed by atoms with Gasteiger partial charge in [-0.05, 0) is 42.0 Å². The van der Waals surface area contributed by atoms with Crippen LogP contribution in [0.4, 0.5) is 5.69 Å². The number of hydrogen-bond donors (Lipinski definition) is 1. The molecule has 0 fully saturated rings. The summed E-state index contributed by atoms with van der Waals surface area (Å²) in [6.45, 7) is 4.00. The van der Waals surface area contributed by atoms with Gasteiger partial charge in [-0.25, -0.2) is 13.8 Å². The van der Waals surface area contributed by atoms with Crippen molar-refractivity contribution in [2.45, 2.75) is 0 Å². The number of benzene rings is 2. The Morgan fingerprint density at radius 2 is 1.96 bits per heavy atom. The Morgan fingerprint density at radius 1 is 1.26 bits per heavy atom. The first-order valence-corrected chi connectivity index (χ1v) is 9.87. The summed E-state index contributed by atoms with van der Waals surface area (Å²) in [7, 11) is -1.90. The van der Waals surface area contributed by atoms with Gasteiger partial charge in [0, 0.05) is 12.6 Å². The van der Waals surface area contributed by atoms with Crippen molar-refractivity contribution in [1.82, 2.24) is 5.43 Å². The van der Waals surface area contributed by atoms with Gasteiger partial charge in [-0.2, -0.15) is 5.10 Å². The van der Waals surface area contributed by atoms with Crippen molar-refractivity contribution >= 4 is 27.8 Å². The van der Waals surface area contributed by atoms with E-state index in [0.717, 1.165) is 16.1 Å². The summed E-state index contributed by atoms with van der Waals surface area (Å²) in [6, 6.07) is 13.4. The SMILES string of the molecule is C=CCOc1cccc(/C=N\NC(=O)c2ccc(N(C)S(C)(=O)=O)cc2)c1. The molecule has 142 valence electrons. The van der Waals surface area contributed by atoms with Crippen LogP contribution < -0.4 is 14.5 Å². The van der Waals surface area contributed by atoms with Crippen LogP contribution in [0.3, 0.4) is 0 Å². The lowest BCUT2D eigenvalue weighted by Gasteiger charge is -2.16. The molecule has 0 aliphatic carbocycles. The van der Waals surface area contributed by atoms with Crippen LogP contribution in [0.2, 0.25) is 0 Å². The van der Waals surface area contributed by atoms with E-state index < -0.39 is 15.9 Å². The zero-order chi connectivity index (χ0) is 19.9. The molecule has 8 heteroatoms. The normalized spacial score (nSPS) is 11.2. The fraction of sp³-hybridized carbons (Fsp3) is 0.158. The minimum Gasteiger partial charge on any atom is -0.490 e. The molecule has 2 aromatic carbocycles. The zero-order valence-corrected chi connectivity index (χ0v) is 15.9. The van der Waals surface area contributed by atoms with E-state index >= 15 is 0 Å². The number of rotatable bonds is 8. The number of anilines is 1. The summed E-state index contributed by atoms with van der Waals surface area (Å²) < 4.78 is 29.6. The molecule has 0 bridgehead atoms. The number of hydrogen-bond acceptors (Lipinski definition) is 5. The molecule has 0 aliphatic rings. The van der Waals surface area contributed by atoms with Crippen LogP contribution in [-0.4, -0.2) is 40.4 Å². The smallest absolute Gasteiger partial charge is 0.271 e. The van der Waals surface area contributed by atoms with Gasteiger partial charge < -0.3 is 4.74 Å². The first-order valence-electron chi connectivity index (χ1n) is 8.02. The number of sulfonamides is 1. The Kier molecular flexibility index (Phi) is 6.73. The molecule has 0 aromatic heterocycles. The minimum absolute atomic E-state index is 0.362. The molecule has 0 unspecified atom stereocenters. The van der Waals surface area contributed by atoms with Gasteiger partial charge in [-0.15, -0.1) is 0 Å². The largest absolute Gasteiger partial charge is 0.490 e. The molecule has 1 amide bonds. The fourth-order valence-electron chi connectivity index (χ4n) is 2.08. The molecule has 0 aliphatic heterocycles. The third-order valence-electron chi connectivity index (χ3n) is 3.60. The van der Waals surface area contributed by atoms with E-state index in [2.05, 4.69) is 17.1 Å². The monoisotopic (exact) mass is 387 g/mol. The van der Waals surface area contributed by atoms with E-state index in [-0.39, 0.29) is 0 Å². The lowest BCUT2D eigenvalue weighted by Crippen LogP contribution is -2.25. The number of ether oxygens (including phenoxy) is 1. The van der Waals surface area contributed by atoms with Crippen molar-refractivity contribution in [3.8, 4) is 5.75 Å². The van der Waals surface area contributed by atoms with Crippen LogP contribution in [0.1, 0.15) is 15.9 Å². The highest BCUT2D eigenvalue weighted by Gasteiger charge is 2.12. The Balaban J connectivity index is 1.99. The Labute approximate surface area is 159 Å². The standard InChI is InChI=1S/C19H21N3O4S/c1-4-12-26-18-7-5-6-15(13-18)14-20-21-19(23)16-8-10-17(11-9-16)22(2)27(3,24)25/h4-11,13-14H,1,12H2,2-3H3,(H,21,23)/b20-14-. The minimum atomic E-state index is -3.35. The summed E-state index contributed by atoms with van der Waals surface area (Å²) in [5.41, 5.74) is 4.02. The molecule has 2 rings (SSSR count). The van der Waals surface area contributed by atoms with Crippen molar-refractivity contribution in [2.24, 2.45) is 5.10 Å². The third kappa shape index (κ3) is 5.96. The van der Waals surface area contributed by atoms with Gasteiger partial charge in [0.15, 0.2) is 0 Å². The first kappa shape index (κ1) is 20.2. The summed E-state index contributed by atoms with van der Waals surface area (Å²) in [5, 5.41) is 3.93. The molecule has 2 aromatic rings. The van der Waals surface area contributed by atoms with E-state index in [4.69, 9.17) is 4.74 Å². The zero-order valence-electron chi connectivity index (χ0n) is 15.1. The molecule has 0 spiro atoms. The molecule has 0 heterocycles. The maximum absolute atomic E-state index is 12.1. The van der Waals surface area contributed by atoms with Crippen molar-refractivity contribution in [1.29, 1.82) is 0 Å². The van der Waals surface area contributed by atoms with E-state index in [9.17, 15) is 13.2 Å². The highest BCUT2D eigenvalue weighted by molar-refractivity contribution is 7.92. The summed E-state index contributed by atoms with van der Waals surface area (Å²) in [5.74, 6) is 0.273. The predicted octanol–water partition coefficient (Wildman–Crippen LogP) is 2.41. The molecule has 0 radical (unpaired) electrons. The second-order valence-corrected chi connectivity index (χ2v) is 7.66. The molecular formula is C19H21N3O4S. The van der Waals surface area contributed by atoms with Crippen molar-refractivity contribution in [3.63, 3.8) is 0 Å². The van der Waals surface area contributed by atoms with Crippen LogP contribution in [0.25, 0.3) is 0 Å². The maximum Gasteiger partial charge on any atom is 0.271 e. The number of carbonyl (C=O) groups excluding carboxylic acids is 1. The highest BCUT2D eigenvalue weighted by Crippen LogP contribution is 2.16. The van der Waals surface area contributed by atoms with E-state index in [1.54, 1.807) is 24.3 Å². The van der Waals surface area contributed by atoms with E-state index in [1.165, 1.54) is 25.4 Å². The van der Waals surface area contributed by atoms with Gasteiger partial charge in [0.2, 0.25) is 10.0 Å². The van der Waals surface area contributed by atoms with Crippen LogP contribution in [0.5, 0.6) is 5.75 Å². The highest BCUT2D eigenvalue weighted by atomic mass is 32.2. The van der Waals surface area contributed by atoms with Gasteiger partial charge in [0.25, 0.3) is 5.91 Å². The average Bonchev–Trinajstić information content (AvgIpc) is 2.65. The molecular weight excluding hydrogens is 366 g/mol. The Bertz CT molecular complexity index is 938. The number of nitrogens with one attached hydrogen (secondary N) is 1. The lowest BCUT2D eigenvalue weighted by atomic mass is 10.2. The van der Waals surface area contributed by atoms with Crippen molar-refractivity contribution < 1.29 is 17.9 Å². The van der Waals surface area contributed by atoms with Crippen LogP contribution in [0, 0.1) is 0 Å². The quantitative estimate of drug-likeness (QED) is 0.428. The molecule has 1 N–H and O–H groups in total. The van der Waals surface area contributed by atoms with Crippen molar-refractivity contribution in [3.05, 3.63) is 72.3 Å². The average molecular weight is 387 g/mol. The molecule has 27 heavy (non-hydrogen) atoms. The van der Waals surface area contributed by atoms with Gasteiger partial charge in [-0.1, -0.05) is 24.8 Å². The number of amides is 1. The Morgan fingerprint density at radius 3 is 2.59 bits per heavy atom. The predicted molar refractivity (Wildman–Crippen MR) is 107 cm³/mol. The first-order chi connectivity index (χ1) is 12.8. The topological polar surface area (TPSA) is 88.1 Å². The number of nitrogens with zero attached hydrogens (tertiary/aromatic N) is 2. The van der Waals surface area contributed by atoms with Crippen LogP contribution in [0.15, 0.2) is 66.3 Å². The van der Waals surface area contributed by atoms with E-state index in [1.807, 2.05) is 18.2 Å². The molecule has 0 saturated carbocycles. The van der Waals surface area contributed by atoms with Gasteiger partial charge in [-0.3, -0.25) is 9.10 Å². The van der Waals surface area contributed by atoms with Gasteiger partial charge >= 0.3 is 0 Å².